The number of fused-ring (bicyclic) bond motifs is 4. The first-order valence-electron chi connectivity index (χ1n) is 10.5. The normalized spacial score (nSPS) is 11.5. The molecule has 0 bridgehead atoms. The quantitative estimate of drug-likeness (QED) is 0.250. The predicted molar refractivity (Wildman–Crippen MR) is 128 cm³/mol. The van der Waals surface area contributed by atoms with Crippen LogP contribution >= 0.6 is 0 Å². The summed E-state index contributed by atoms with van der Waals surface area (Å²) in [6.07, 6.45) is 3.56. The summed E-state index contributed by atoms with van der Waals surface area (Å²) in [4.78, 5) is 9.23. The van der Waals surface area contributed by atoms with Gasteiger partial charge in [-0.05, 0) is 54.6 Å². The van der Waals surface area contributed by atoms with E-state index in [4.69, 9.17) is 9.47 Å². The van der Waals surface area contributed by atoms with Gasteiger partial charge in [0.15, 0.2) is 11.5 Å². The Balaban J connectivity index is 1.61. The molecule has 1 aliphatic heterocycles. The van der Waals surface area contributed by atoms with Crippen LogP contribution in [0.15, 0.2) is 85.2 Å². The molecule has 0 N–H and O–H groups in total. The van der Waals surface area contributed by atoms with Gasteiger partial charge in [0.1, 0.15) is 0 Å². The molecule has 0 atom stereocenters. The molecule has 3 heterocycles. The van der Waals surface area contributed by atoms with Crippen molar-refractivity contribution >= 4 is 21.8 Å². The van der Waals surface area contributed by atoms with E-state index in [0.717, 1.165) is 49.8 Å². The molecular weight excluding hydrogens is 408 g/mol. The highest BCUT2D eigenvalue weighted by Gasteiger charge is 2.15. The van der Waals surface area contributed by atoms with E-state index in [1.165, 1.54) is 0 Å². The number of hydrogen-bond donors (Lipinski definition) is 0. The van der Waals surface area contributed by atoms with Crippen LogP contribution in [0.3, 0.4) is 0 Å². The number of hydrogen-bond acceptors (Lipinski definition) is 4. The van der Waals surface area contributed by atoms with Gasteiger partial charge < -0.3 is 9.47 Å². The average molecular weight is 424 g/mol. The third kappa shape index (κ3) is 3.51. The van der Waals surface area contributed by atoms with Crippen LogP contribution in [0.5, 0.6) is 11.5 Å². The highest BCUT2D eigenvalue weighted by molar-refractivity contribution is 6.09. The second kappa shape index (κ2) is 8.04. The Morgan fingerprint density at radius 2 is 1.21 bits per heavy atom. The van der Waals surface area contributed by atoms with E-state index in [1.54, 1.807) is 12.4 Å². The number of pyridine rings is 2. The van der Waals surface area contributed by atoms with Gasteiger partial charge in [0.25, 0.3) is 0 Å². The molecule has 0 saturated heterocycles. The smallest absolute Gasteiger partial charge is 0.231 e. The van der Waals surface area contributed by atoms with Crippen molar-refractivity contribution in [2.45, 2.75) is 0 Å². The van der Waals surface area contributed by atoms with Crippen molar-refractivity contribution in [1.29, 1.82) is 0 Å². The SMILES string of the molecule is C(#Cc1c(C#Cc2ccc3c(c2)OCO3)c2cccnc2c2ncccc12)c1ccccc1. The number of rotatable bonds is 0. The summed E-state index contributed by atoms with van der Waals surface area (Å²) in [7, 11) is 0. The zero-order valence-electron chi connectivity index (χ0n) is 17.5. The molecule has 0 radical (unpaired) electrons. The zero-order chi connectivity index (χ0) is 22.0. The van der Waals surface area contributed by atoms with Gasteiger partial charge in [-0.15, -0.1) is 0 Å². The first-order chi connectivity index (χ1) is 16.4. The van der Waals surface area contributed by atoms with Crippen molar-refractivity contribution in [1.82, 2.24) is 9.97 Å². The van der Waals surface area contributed by atoms with Crippen molar-refractivity contribution in [3.63, 3.8) is 0 Å². The van der Waals surface area contributed by atoms with Gasteiger partial charge in [-0.2, -0.15) is 0 Å². The monoisotopic (exact) mass is 424 g/mol. The Labute approximate surface area is 190 Å². The Kier molecular flexibility index (Phi) is 4.61. The molecule has 5 aromatic rings. The standard InChI is InChI=1S/C29H16N2O2/c1-2-6-20(7-3-1)10-13-22-23(14-11-21-12-15-26-27(18-21)33-19-32-26)25-9-5-17-31-29(25)28-24(22)8-4-16-30-28/h1-9,12,15-18H,19H2. The largest absolute Gasteiger partial charge is 0.454 e. The Bertz CT molecular complexity index is 1650. The average Bonchev–Trinajstić information content (AvgIpc) is 3.35. The fourth-order valence-electron chi connectivity index (χ4n) is 3.89. The van der Waals surface area contributed by atoms with Gasteiger partial charge in [-0.1, -0.05) is 41.9 Å². The highest BCUT2D eigenvalue weighted by Crippen LogP contribution is 2.33. The van der Waals surface area contributed by atoms with Gasteiger partial charge in [-0.3, -0.25) is 9.97 Å². The lowest BCUT2D eigenvalue weighted by Gasteiger charge is -2.09. The van der Waals surface area contributed by atoms with Gasteiger partial charge in [0.05, 0.1) is 22.2 Å². The molecule has 0 spiro atoms. The molecule has 3 aromatic carbocycles. The van der Waals surface area contributed by atoms with Gasteiger partial charge in [0.2, 0.25) is 6.79 Å². The maximum Gasteiger partial charge on any atom is 0.231 e. The maximum atomic E-state index is 5.50. The first kappa shape index (κ1) is 18.9. The minimum absolute atomic E-state index is 0.236. The Hall–Kier alpha value is -4.80. The minimum atomic E-state index is 0.236. The molecule has 154 valence electrons. The van der Waals surface area contributed by atoms with E-state index in [1.807, 2.05) is 72.8 Å². The van der Waals surface area contributed by atoms with Crippen molar-refractivity contribution in [3.8, 4) is 35.2 Å². The first-order valence-corrected chi connectivity index (χ1v) is 10.5. The molecule has 4 heteroatoms. The molecule has 4 nitrogen and oxygen atoms in total. The zero-order valence-corrected chi connectivity index (χ0v) is 17.5. The molecule has 0 fully saturated rings. The lowest BCUT2D eigenvalue weighted by Crippen LogP contribution is -1.94. The third-order valence-corrected chi connectivity index (χ3v) is 5.44. The van der Waals surface area contributed by atoms with E-state index in [9.17, 15) is 0 Å². The van der Waals surface area contributed by atoms with Crippen molar-refractivity contribution < 1.29 is 9.47 Å². The molecule has 2 aromatic heterocycles. The van der Waals surface area contributed by atoms with E-state index in [2.05, 4.69) is 33.6 Å². The van der Waals surface area contributed by atoms with Gasteiger partial charge >= 0.3 is 0 Å². The van der Waals surface area contributed by atoms with Gasteiger partial charge in [-0.25, -0.2) is 0 Å². The molecule has 0 aliphatic carbocycles. The van der Waals surface area contributed by atoms with E-state index in [-0.39, 0.29) is 6.79 Å². The third-order valence-electron chi connectivity index (χ3n) is 5.44. The van der Waals surface area contributed by atoms with Crippen LogP contribution in [0.1, 0.15) is 22.3 Å². The van der Waals surface area contributed by atoms with Crippen molar-refractivity contribution in [3.05, 3.63) is 107 Å². The molecule has 0 unspecified atom stereocenters. The van der Waals surface area contributed by atoms with Crippen LogP contribution in [0.2, 0.25) is 0 Å². The fourth-order valence-corrected chi connectivity index (χ4v) is 3.89. The summed E-state index contributed by atoms with van der Waals surface area (Å²) >= 11 is 0. The second-order valence-electron chi connectivity index (χ2n) is 7.48. The van der Waals surface area contributed by atoms with Crippen LogP contribution in [-0.2, 0) is 0 Å². The maximum absolute atomic E-state index is 5.50. The summed E-state index contributed by atoms with van der Waals surface area (Å²) in [5, 5.41) is 1.86. The molecular formula is C29H16N2O2. The Morgan fingerprint density at radius 1 is 0.576 bits per heavy atom. The summed E-state index contributed by atoms with van der Waals surface area (Å²) in [5.74, 6) is 14.8. The van der Waals surface area contributed by atoms with E-state index in [0.29, 0.717) is 5.75 Å². The topological polar surface area (TPSA) is 44.2 Å². The number of aromatic nitrogens is 2. The van der Waals surface area contributed by atoms with Crippen LogP contribution in [-0.4, -0.2) is 16.8 Å². The minimum Gasteiger partial charge on any atom is -0.454 e. The van der Waals surface area contributed by atoms with Crippen molar-refractivity contribution in [2.75, 3.05) is 6.79 Å². The summed E-state index contributed by atoms with van der Waals surface area (Å²) in [6, 6.07) is 23.5. The van der Waals surface area contributed by atoms with Crippen LogP contribution in [0.25, 0.3) is 21.8 Å². The molecule has 6 rings (SSSR count). The number of ether oxygens (including phenoxy) is 2. The second-order valence-corrected chi connectivity index (χ2v) is 7.48. The molecule has 1 aliphatic rings. The van der Waals surface area contributed by atoms with Crippen molar-refractivity contribution in [2.24, 2.45) is 0 Å². The van der Waals surface area contributed by atoms with E-state index < -0.39 is 0 Å². The summed E-state index contributed by atoms with van der Waals surface area (Å²) < 4.78 is 10.9. The summed E-state index contributed by atoms with van der Waals surface area (Å²) in [5.41, 5.74) is 5.09. The van der Waals surface area contributed by atoms with Gasteiger partial charge in [0, 0.05) is 34.3 Å². The van der Waals surface area contributed by atoms with Crippen LogP contribution in [0.4, 0.5) is 0 Å². The molecule has 33 heavy (non-hydrogen) atoms. The molecule has 0 saturated carbocycles. The lowest BCUT2D eigenvalue weighted by atomic mass is 9.96. The molecule has 0 amide bonds. The lowest BCUT2D eigenvalue weighted by molar-refractivity contribution is 0.174. The predicted octanol–water partition coefficient (Wildman–Crippen LogP) is 5.31. The van der Waals surface area contributed by atoms with Crippen LogP contribution < -0.4 is 9.47 Å². The highest BCUT2D eigenvalue weighted by atomic mass is 16.7. The fraction of sp³-hybridized carbons (Fsp3) is 0.0345. The number of benzene rings is 3. The van der Waals surface area contributed by atoms with E-state index >= 15 is 0 Å². The van der Waals surface area contributed by atoms with Crippen LogP contribution in [0, 0.1) is 23.7 Å². The summed E-state index contributed by atoms with van der Waals surface area (Å²) in [6.45, 7) is 0.236. The Morgan fingerprint density at radius 3 is 1.91 bits per heavy atom. The number of nitrogens with zero attached hydrogens (tertiary/aromatic N) is 2.